The van der Waals surface area contributed by atoms with Crippen molar-refractivity contribution in [3.05, 3.63) is 101 Å². The highest BCUT2D eigenvalue weighted by molar-refractivity contribution is 6.30. The average Bonchev–Trinajstić information content (AvgIpc) is 2.96. The van der Waals surface area contributed by atoms with Gasteiger partial charge in [-0.05, 0) is 86.0 Å². The van der Waals surface area contributed by atoms with Crippen molar-refractivity contribution < 1.29 is 23.7 Å². The molecule has 1 aliphatic heterocycles. The van der Waals surface area contributed by atoms with Crippen LogP contribution in [0.3, 0.4) is 0 Å². The number of carbonyl (C=O) groups is 1. The summed E-state index contributed by atoms with van der Waals surface area (Å²) in [6.45, 7) is 6.92. The molecule has 0 saturated carbocycles. The largest absolute Gasteiger partial charge is 0.519 e. The third kappa shape index (κ3) is 6.16. The van der Waals surface area contributed by atoms with E-state index in [1.165, 1.54) is 0 Å². The molecule has 0 aliphatic carbocycles. The third-order valence-corrected chi connectivity index (χ3v) is 7.24. The van der Waals surface area contributed by atoms with E-state index in [0.717, 1.165) is 45.0 Å². The number of benzene rings is 4. The Morgan fingerprint density at radius 1 is 0.857 bits per heavy atom. The molecule has 5 rings (SSSR count). The summed E-state index contributed by atoms with van der Waals surface area (Å²) in [6.07, 6.45) is 1.34. The van der Waals surface area contributed by atoms with Gasteiger partial charge in [-0.15, -0.1) is 0 Å². The number of methoxy groups -OCH3 is 2. The van der Waals surface area contributed by atoms with Crippen LogP contribution in [0.15, 0.2) is 84.9 Å². The smallest absolute Gasteiger partial charge is 0.495 e. The van der Waals surface area contributed by atoms with Crippen molar-refractivity contribution in [2.24, 2.45) is 0 Å². The molecule has 0 amide bonds. The minimum atomic E-state index is -0.888. The van der Waals surface area contributed by atoms with E-state index in [-0.39, 0.29) is 11.3 Å². The highest BCUT2D eigenvalue weighted by Crippen LogP contribution is 2.45. The van der Waals surface area contributed by atoms with Crippen LogP contribution in [0, 0.1) is 0 Å². The van der Waals surface area contributed by atoms with Gasteiger partial charge in [-0.3, -0.25) is 0 Å². The van der Waals surface area contributed by atoms with Gasteiger partial charge < -0.3 is 29.6 Å². The first-order chi connectivity index (χ1) is 20.2. The van der Waals surface area contributed by atoms with E-state index >= 15 is 0 Å². The Balaban J connectivity index is 1.55. The first-order valence-corrected chi connectivity index (χ1v) is 13.9. The number of rotatable bonds is 8. The summed E-state index contributed by atoms with van der Waals surface area (Å²) in [5.41, 5.74) is 6.73. The number of anilines is 2. The summed E-state index contributed by atoms with van der Waals surface area (Å²) < 4.78 is 22.4. The Kier molecular flexibility index (Phi) is 8.31. The van der Waals surface area contributed by atoms with E-state index in [2.05, 4.69) is 49.6 Å². The van der Waals surface area contributed by atoms with Crippen molar-refractivity contribution in [1.29, 1.82) is 0 Å². The molecular formula is C34H33ClN2O5. The van der Waals surface area contributed by atoms with Crippen molar-refractivity contribution >= 4 is 34.7 Å². The van der Waals surface area contributed by atoms with Crippen LogP contribution in [0.4, 0.5) is 16.2 Å². The van der Waals surface area contributed by atoms with Crippen LogP contribution in [0.5, 0.6) is 23.0 Å². The molecule has 0 fully saturated rings. The van der Waals surface area contributed by atoms with Gasteiger partial charge in [0.05, 0.1) is 25.4 Å². The number of hydrogen-bond donors (Lipinski definition) is 2. The molecular weight excluding hydrogens is 552 g/mol. The highest BCUT2D eigenvalue weighted by Gasteiger charge is 2.27. The zero-order chi connectivity index (χ0) is 29.9. The summed E-state index contributed by atoms with van der Waals surface area (Å²) >= 11 is 5.94. The van der Waals surface area contributed by atoms with Crippen LogP contribution in [-0.4, -0.2) is 25.9 Å². The first-order valence-electron chi connectivity index (χ1n) is 13.5. The Labute approximate surface area is 251 Å². The van der Waals surface area contributed by atoms with Gasteiger partial charge in [0.25, 0.3) is 0 Å². The topological polar surface area (TPSA) is 78.1 Å². The molecule has 0 unspecified atom stereocenters. The third-order valence-electron chi connectivity index (χ3n) is 6.99. The van der Waals surface area contributed by atoms with Crippen molar-refractivity contribution in [2.45, 2.75) is 32.9 Å². The maximum absolute atomic E-state index is 12.7. The van der Waals surface area contributed by atoms with Crippen LogP contribution in [0.25, 0.3) is 16.7 Å². The lowest BCUT2D eigenvalue weighted by Gasteiger charge is -2.33. The molecule has 4 aromatic rings. The lowest BCUT2D eigenvalue weighted by Crippen LogP contribution is -2.32. The predicted octanol–water partition coefficient (Wildman–Crippen LogP) is 8.82. The van der Waals surface area contributed by atoms with Gasteiger partial charge in [0.1, 0.15) is 11.5 Å². The molecule has 0 bridgehead atoms. The summed E-state index contributed by atoms with van der Waals surface area (Å²) in [5.74, 6) is 1.72. The molecule has 42 heavy (non-hydrogen) atoms. The molecule has 7 nitrogen and oxygen atoms in total. The monoisotopic (exact) mass is 584 g/mol. The number of nitrogens with one attached hydrogen (secondary N) is 2. The molecule has 0 saturated heterocycles. The fourth-order valence-corrected chi connectivity index (χ4v) is 5.46. The Morgan fingerprint density at radius 3 is 2.33 bits per heavy atom. The van der Waals surface area contributed by atoms with Crippen LogP contribution in [-0.2, 0) is 6.54 Å². The lowest BCUT2D eigenvalue weighted by molar-refractivity contribution is 0.150. The van der Waals surface area contributed by atoms with Gasteiger partial charge in [-0.2, -0.15) is 0 Å². The predicted molar refractivity (Wildman–Crippen MR) is 168 cm³/mol. The summed E-state index contributed by atoms with van der Waals surface area (Å²) in [5, 5.41) is 7.74. The van der Waals surface area contributed by atoms with E-state index in [0.29, 0.717) is 23.1 Å². The zero-order valence-corrected chi connectivity index (χ0v) is 25.0. The minimum absolute atomic E-state index is 0.193. The second kappa shape index (κ2) is 12.1. The normalized spacial score (nSPS) is 13.2. The summed E-state index contributed by atoms with van der Waals surface area (Å²) in [6, 6.07) is 23.9. The van der Waals surface area contributed by atoms with Gasteiger partial charge in [-0.1, -0.05) is 48.0 Å². The second-order valence-corrected chi connectivity index (χ2v) is 10.9. The molecule has 0 radical (unpaired) electrons. The van der Waals surface area contributed by atoms with Gasteiger partial charge in [0.15, 0.2) is 11.5 Å². The summed E-state index contributed by atoms with van der Waals surface area (Å²) in [7, 11) is 3.21. The number of fused-ring (bicyclic) bond motifs is 1. The standard InChI is InChI=1S/C34H33ClN2O5/c1-21-19-34(2,3)37-28-18-17-24(26(31(21)28)20-36-27-10-6-7-11-29(27)39-4)25-9-8-12-30(32(25)40-5)42-33(38)41-23-15-13-22(35)14-16-23/h6-19,36-37H,20H2,1-5H3. The number of carbonyl (C=O) groups excluding carboxylic acids is 1. The number of hydrogen-bond acceptors (Lipinski definition) is 7. The van der Waals surface area contributed by atoms with Gasteiger partial charge in [-0.25, -0.2) is 4.79 Å². The molecule has 0 spiro atoms. The lowest BCUT2D eigenvalue weighted by atomic mass is 9.85. The Morgan fingerprint density at radius 2 is 1.60 bits per heavy atom. The SMILES string of the molecule is COc1ccccc1NCc1c(-c2cccc(OC(=O)Oc3ccc(Cl)cc3)c2OC)ccc2c1C(C)=CC(C)(C)N2. The van der Waals surface area contributed by atoms with E-state index in [4.69, 9.17) is 30.5 Å². The Bertz CT molecular complexity index is 1650. The number of ether oxygens (including phenoxy) is 4. The minimum Gasteiger partial charge on any atom is -0.495 e. The Hall–Kier alpha value is -4.62. The van der Waals surface area contributed by atoms with Gasteiger partial charge in [0.2, 0.25) is 0 Å². The maximum atomic E-state index is 12.7. The van der Waals surface area contributed by atoms with Crippen LogP contribution >= 0.6 is 11.6 Å². The van der Waals surface area contributed by atoms with Crippen LogP contribution in [0.2, 0.25) is 5.02 Å². The molecule has 8 heteroatoms. The molecule has 4 aromatic carbocycles. The fourth-order valence-electron chi connectivity index (χ4n) is 5.34. The molecule has 1 heterocycles. The molecule has 0 aromatic heterocycles. The summed E-state index contributed by atoms with van der Waals surface area (Å²) in [4.78, 5) is 12.7. The molecule has 2 N–H and O–H groups in total. The fraction of sp³-hybridized carbons (Fsp3) is 0.206. The van der Waals surface area contributed by atoms with Gasteiger partial charge in [0, 0.05) is 28.4 Å². The van der Waals surface area contributed by atoms with Crippen molar-refractivity contribution in [1.82, 2.24) is 0 Å². The molecule has 1 aliphatic rings. The van der Waals surface area contributed by atoms with Crippen molar-refractivity contribution in [3.63, 3.8) is 0 Å². The van der Waals surface area contributed by atoms with E-state index in [1.54, 1.807) is 44.6 Å². The van der Waals surface area contributed by atoms with Crippen molar-refractivity contribution in [3.8, 4) is 34.1 Å². The van der Waals surface area contributed by atoms with Gasteiger partial charge >= 0.3 is 6.16 Å². The maximum Gasteiger partial charge on any atom is 0.519 e. The zero-order valence-electron chi connectivity index (χ0n) is 24.2. The van der Waals surface area contributed by atoms with Crippen LogP contribution in [0.1, 0.15) is 31.9 Å². The number of halogens is 1. The van der Waals surface area contributed by atoms with E-state index in [9.17, 15) is 4.79 Å². The quantitative estimate of drug-likeness (QED) is 0.158. The number of allylic oxidation sites excluding steroid dienone is 1. The van der Waals surface area contributed by atoms with Crippen LogP contribution < -0.4 is 29.6 Å². The highest BCUT2D eigenvalue weighted by atomic mass is 35.5. The number of para-hydroxylation sites is 3. The van der Waals surface area contributed by atoms with Crippen molar-refractivity contribution in [2.75, 3.05) is 24.9 Å². The second-order valence-electron chi connectivity index (χ2n) is 10.5. The molecule has 216 valence electrons. The first kappa shape index (κ1) is 28.9. The van der Waals surface area contributed by atoms with E-state index < -0.39 is 6.16 Å². The van der Waals surface area contributed by atoms with E-state index in [1.807, 2.05) is 36.4 Å². The average molecular weight is 585 g/mol. The molecule has 0 atom stereocenters.